The van der Waals surface area contributed by atoms with E-state index in [2.05, 4.69) is 4.98 Å². The molecule has 2 N–H and O–H groups in total. The number of alkyl halides is 3. The van der Waals surface area contributed by atoms with E-state index in [1.54, 1.807) is 0 Å². The average Bonchev–Trinajstić information content (AvgIpc) is 2.37. The van der Waals surface area contributed by atoms with Gasteiger partial charge in [0.25, 0.3) is 0 Å². The first kappa shape index (κ1) is 14.6. The van der Waals surface area contributed by atoms with Crippen LogP contribution in [0.4, 0.5) is 13.2 Å². The highest BCUT2D eigenvalue weighted by molar-refractivity contribution is 6.60. The summed E-state index contributed by atoms with van der Waals surface area (Å²) in [5, 5.41) is 18.7. The van der Waals surface area contributed by atoms with Crippen LogP contribution in [0.1, 0.15) is 11.3 Å². The van der Waals surface area contributed by atoms with Crippen LogP contribution in [-0.2, 0) is 6.18 Å². The van der Waals surface area contributed by atoms with Gasteiger partial charge in [0.2, 0.25) is 0 Å². The van der Waals surface area contributed by atoms with Gasteiger partial charge in [0.1, 0.15) is 0 Å². The number of aryl methyl sites for hydroxylation is 1. The van der Waals surface area contributed by atoms with Gasteiger partial charge in [0, 0.05) is 17.5 Å². The van der Waals surface area contributed by atoms with Crippen LogP contribution in [0.5, 0.6) is 0 Å². The SMILES string of the molecule is Cc1nccc(B(O)O)c1-c1ccccc1C(F)(F)F. The minimum atomic E-state index is -4.53. The van der Waals surface area contributed by atoms with Crippen LogP contribution >= 0.6 is 0 Å². The Labute approximate surface area is 113 Å². The molecule has 0 aliphatic carbocycles. The summed E-state index contributed by atoms with van der Waals surface area (Å²) in [4.78, 5) is 3.93. The molecule has 3 nitrogen and oxygen atoms in total. The van der Waals surface area contributed by atoms with E-state index in [9.17, 15) is 23.2 Å². The van der Waals surface area contributed by atoms with Crippen LogP contribution in [0, 0.1) is 6.92 Å². The van der Waals surface area contributed by atoms with Crippen LogP contribution in [0.15, 0.2) is 36.5 Å². The highest BCUT2D eigenvalue weighted by Gasteiger charge is 2.34. The third kappa shape index (κ3) is 2.68. The lowest BCUT2D eigenvalue weighted by atomic mass is 9.74. The van der Waals surface area contributed by atoms with Gasteiger partial charge in [-0.15, -0.1) is 0 Å². The molecule has 0 saturated heterocycles. The fourth-order valence-corrected chi connectivity index (χ4v) is 2.10. The third-order valence-electron chi connectivity index (χ3n) is 2.95. The summed E-state index contributed by atoms with van der Waals surface area (Å²) in [6.45, 7) is 1.52. The summed E-state index contributed by atoms with van der Waals surface area (Å²) >= 11 is 0. The van der Waals surface area contributed by atoms with E-state index < -0.39 is 18.9 Å². The molecule has 1 aromatic carbocycles. The van der Waals surface area contributed by atoms with Crippen molar-refractivity contribution in [2.45, 2.75) is 13.1 Å². The quantitative estimate of drug-likeness (QED) is 0.825. The summed E-state index contributed by atoms with van der Waals surface area (Å²) < 4.78 is 39.2. The zero-order chi connectivity index (χ0) is 14.9. The summed E-state index contributed by atoms with van der Waals surface area (Å²) in [6.07, 6.45) is -3.21. The number of hydrogen-bond acceptors (Lipinski definition) is 3. The van der Waals surface area contributed by atoms with Crippen molar-refractivity contribution in [3.8, 4) is 11.1 Å². The Morgan fingerprint density at radius 2 is 1.75 bits per heavy atom. The Balaban J connectivity index is 2.76. The van der Waals surface area contributed by atoms with E-state index in [1.165, 1.54) is 37.4 Å². The lowest BCUT2D eigenvalue weighted by Gasteiger charge is -2.17. The van der Waals surface area contributed by atoms with E-state index in [4.69, 9.17) is 0 Å². The maximum absolute atomic E-state index is 13.1. The first-order valence-electron chi connectivity index (χ1n) is 5.80. The van der Waals surface area contributed by atoms with Gasteiger partial charge in [-0.3, -0.25) is 4.98 Å². The lowest BCUT2D eigenvalue weighted by molar-refractivity contribution is -0.137. The summed E-state index contributed by atoms with van der Waals surface area (Å²) in [6, 6.07) is 6.28. The van der Waals surface area contributed by atoms with E-state index in [0.29, 0.717) is 5.69 Å². The number of nitrogens with zero attached hydrogens (tertiary/aromatic N) is 1. The first-order valence-corrected chi connectivity index (χ1v) is 5.80. The highest BCUT2D eigenvalue weighted by Crippen LogP contribution is 2.37. The molecule has 0 unspecified atom stereocenters. The second-order valence-electron chi connectivity index (χ2n) is 4.28. The van der Waals surface area contributed by atoms with Crippen molar-refractivity contribution < 1.29 is 23.2 Å². The van der Waals surface area contributed by atoms with Crippen LogP contribution in [0.3, 0.4) is 0 Å². The number of hydrogen-bond donors (Lipinski definition) is 2. The van der Waals surface area contributed by atoms with E-state index in [0.717, 1.165) is 6.07 Å². The molecule has 7 heteroatoms. The molecule has 0 radical (unpaired) electrons. The van der Waals surface area contributed by atoms with E-state index >= 15 is 0 Å². The zero-order valence-corrected chi connectivity index (χ0v) is 10.5. The average molecular weight is 281 g/mol. The molecular formula is C13H11BF3NO2. The summed E-state index contributed by atoms with van der Waals surface area (Å²) in [7, 11) is -1.87. The van der Waals surface area contributed by atoms with E-state index in [1.807, 2.05) is 0 Å². The van der Waals surface area contributed by atoms with Crippen molar-refractivity contribution in [1.29, 1.82) is 0 Å². The number of aromatic nitrogens is 1. The van der Waals surface area contributed by atoms with Gasteiger partial charge in [-0.05, 0) is 30.1 Å². The molecule has 0 aliphatic heterocycles. The van der Waals surface area contributed by atoms with Crippen LogP contribution in [-0.4, -0.2) is 22.2 Å². The molecule has 104 valence electrons. The second kappa shape index (κ2) is 5.26. The predicted octanol–water partition coefficient (Wildman–Crippen LogP) is 1.76. The van der Waals surface area contributed by atoms with Crippen molar-refractivity contribution in [2.75, 3.05) is 0 Å². The number of rotatable bonds is 2. The summed E-state index contributed by atoms with van der Waals surface area (Å²) in [5.41, 5.74) is -0.566. The first-order chi connectivity index (χ1) is 9.32. The molecule has 0 fully saturated rings. The normalized spacial score (nSPS) is 11.5. The molecule has 1 aromatic heterocycles. The molecule has 2 rings (SSSR count). The molecule has 0 amide bonds. The van der Waals surface area contributed by atoms with Crippen molar-refractivity contribution in [1.82, 2.24) is 4.98 Å². The Hall–Kier alpha value is -1.86. The molecular weight excluding hydrogens is 270 g/mol. The van der Waals surface area contributed by atoms with Gasteiger partial charge >= 0.3 is 13.3 Å². The van der Waals surface area contributed by atoms with Crippen molar-refractivity contribution >= 4 is 12.6 Å². The molecule has 0 bridgehead atoms. The maximum atomic E-state index is 13.1. The minimum absolute atomic E-state index is 0.00537. The number of benzene rings is 1. The largest absolute Gasteiger partial charge is 0.489 e. The molecule has 0 spiro atoms. The molecule has 2 aromatic rings. The van der Waals surface area contributed by atoms with Crippen molar-refractivity contribution in [3.05, 3.63) is 47.8 Å². The second-order valence-corrected chi connectivity index (χ2v) is 4.28. The Kier molecular flexibility index (Phi) is 3.83. The topological polar surface area (TPSA) is 53.4 Å². The summed E-state index contributed by atoms with van der Waals surface area (Å²) in [5.74, 6) is 0. The van der Waals surface area contributed by atoms with Gasteiger partial charge < -0.3 is 10.0 Å². The third-order valence-corrected chi connectivity index (χ3v) is 2.95. The fourth-order valence-electron chi connectivity index (χ4n) is 2.10. The lowest BCUT2D eigenvalue weighted by Crippen LogP contribution is -2.32. The molecule has 20 heavy (non-hydrogen) atoms. The van der Waals surface area contributed by atoms with Crippen LogP contribution in [0.2, 0.25) is 0 Å². The Bertz CT molecular complexity index is 629. The predicted molar refractivity (Wildman–Crippen MR) is 69.2 cm³/mol. The molecule has 0 aliphatic rings. The minimum Gasteiger partial charge on any atom is -0.423 e. The fraction of sp³-hybridized carbons (Fsp3) is 0.154. The van der Waals surface area contributed by atoms with Crippen LogP contribution in [0.25, 0.3) is 11.1 Å². The number of pyridine rings is 1. The maximum Gasteiger partial charge on any atom is 0.489 e. The molecule has 0 saturated carbocycles. The van der Waals surface area contributed by atoms with Gasteiger partial charge in [-0.2, -0.15) is 13.2 Å². The van der Waals surface area contributed by atoms with Crippen molar-refractivity contribution in [3.63, 3.8) is 0 Å². The number of halogens is 3. The van der Waals surface area contributed by atoms with Gasteiger partial charge in [-0.25, -0.2) is 0 Å². The zero-order valence-electron chi connectivity index (χ0n) is 10.5. The monoisotopic (exact) mass is 281 g/mol. The smallest absolute Gasteiger partial charge is 0.423 e. The van der Waals surface area contributed by atoms with Gasteiger partial charge in [0.05, 0.1) is 5.56 Å². The van der Waals surface area contributed by atoms with Crippen LogP contribution < -0.4 is 5.46 Å². The Morgan fingerprint density at radius 3 is 2.35 bits per heavy atom. The Morgan fingerprint density at radius 1 is 1.10 bits per heavy atom. The van der Waals surface area contributed by atoms with Gasteiger partial charge in [0.15, 0.2) is 0 Å². The molecule has 0 atom stereocenters. The van der Waals surface area contributed by atoms with E-state index in [-0.39, 0.29) is 16.6 Å². The standard InChI is InChI=1S/C13H11BF3NO2/c1-8-12(11(14(19)20)6-7-18-8)9-4-2-3-5-10(9)13(15,16)17/h2-7,19-20H,1H3. The highest BCUT2D eigenvalue weighted by atomic mass is 19.4. The van der Waals surface area contributed by atoms with Gasteiger partial charge in [-0.1, -0.05) is 18.2 Å². The molecule has 1 heterocycles. The van der Waals surface area contributed by atoms with Crippen molar-refractivity contribution in [2.24, 2.45) is 0 Å².